The number of fused-ring (bicyclic) bond motifs is 1. The summed E-state index contributed by atoms with van der Waals surface area (Å²) in [5, 5.41) is 0. The van der Waals surface area contributed by atoms with Gasteiger partial charge in [-0.3, -0.25) is 4.90 Å². The van der Waals surface area contributed by atoms with Crippen LogP contribution in [0, 0.1) is 0 Å². The van der Waals surface area contributed by atoms with Crippen molar-refractivity contribution < 1.29 is 9.15 Å². The Labute approximate surface area is 93.8 Å². The minimum Gasteiger partial charge on any atom is -0.439 e. The zero-order valence-electron chi connectivity index (χ0n) is 9.06. The van der Waals surface area contributed by atoms with Gasteiger partial charge < -0.3 is 9.15 Å². The van der Waals surface area contributed by atoms with Gasteiger partial charge in [-0.05, 0) is 12.1 Å². The number of benzene rings is 1. The molecule has 1 aromatic heterocycles. The van der Waals surface area contributed by atoms with Crippen molar-refractivity contribution in [3.63, 3.8) is 0 Å². The molecule has 16 heavy (non-hydrogen) atoms. The van der Waals surface area contributed by atoms with E-state index in [1.165, 1.54) is 0 Å². The summed E-state index contributed by atoms with van der Waals surface area (Å²) in [5.41, 5.74) is 1.80. The van der Waals surface area contributed by atoms with Crippen LogP contribution in [0.25, 0.3) is 11.1 Å². The summed E-state index contributed by atoms with van der Waals surface area (Å²) < 4.78 is 11.0. The molecule has 0 unspecified atom stereocenters. The van der Waals surface area contributed by atoms with Crippen LogP contribution in [0.5, 0.6) is 0 Å². The van der Waals surface area contributed by atoms with Gasteiger partial charge in [0.2, 0.25) is 5.89 Å². The van der Waals surface area contributed by atoms with E-state index in [0.29, 0.717) is 0 Å². The molecule has 3 rings (SSSR count). The highest BCUT2D eigenvalue weighted by molar-refractivity contribution is 5.72. The number of hydrogen-bond acceptors (Lipinski definition) is 4. The fraction of sp³-hybridized carbons (Fsp3) is 0.417. The minimum atomic E-state index is 0.776. The standard InChI is InChI=1S/C12H14N2O2/c1-2-4-11-10(3-1)13-12(16-11)9-14-5-7-15-8-6-14/h1-4H,5-9H2. The smallest absolute Gasteiger partial charge is 0.209 e. The average Bonchev–Trinajstić information content (AvgIpc) is 2.72. The second-order valence-electron chi connectivity index (χ2n) is 3.96. The first kappa shape index (κ1) is 9.81. The maximum absolute atomic E-state index is 5.68. The Morgan fingerprint density at radius 2 is 2.00 bits per heavy atom. The third-order valence-electron chi connectivity index (χ3n) is 2.80. The Hall–Kier alpha value is -1.39. The third kappa shape index (κ3) is 1.94. The molecule has 0 N–H and O–H groups in total. The first-order valence-electron chi connectivity index (χ1n) is 5.56. The van der Waals surface area contributed by atoms with Gasteiger partial charge >= 0.3 is 0 Å². The largest absolute Gasteiger partial charge is 0.439 e. The lowest BCUT2D eigenvalue weighted by atomic mass is 10.3. The molecule has 1 fully saturated rings. The van der Waals surface area contributed by atoms with E-state index in [1.807, 2.05) is 24.3 Å². The Morgan fingerprint density at radius 1 is 1.19 bits per heavy atom. The molecule has 2 heterocycles. The molecule has 4 heteroatoms. The van der Waals surface area contributed by atoms with Crippen molar-refractivity contribution in [3.8, 4) is 0 Å². The van der Waals surface area contributed by atoms with E-state index in [9.17, 15) is 0 Å². The van der Waals surface area contributed by atoms with Crippen LogP contribution in [0.2, 0.25) is 0 Å². The molecule has 2 aromatic rings. The summed E-state index contributed by atoms with van der Waals surface area (Å²) in [4.78, 5) is 6.76. The summed E-state index contributed by atoms with van der Waals surface area (Å²) in [7, 11) is 0. The molecule has 1 aromatic carbocycles. The third-order valence-corrected chi connectivity index (χ3v) is 2.80. The number of nitrogens with zero attached hydrogens (tertiary/aromatic N) is 2. The second-order valence-corrected chi connectivity index (χ2v) is 3.96. The lowest BCUT2D eigenvalue weighted by molar-refractivity contribution is 0.0308. The molecule has 0 saturated carbocycles. The van der Waals surface area contributed by atoms with Gasteiger partial charge in [0, 0.05) is 13.1 Å². The van der Waals surface area contributed by atoms with Crippen LogP contribution < -0.4 is 0 Å². The first-order chi connectivity index (χ1) is 7.92. The number of para-hydroxylation sites is 2. The van der Waals surface area contributed by atoms with Gasteiger partial charge in [0.1, 0.15) is 5.52 Å². The Balaban J connectivity index is 1.78. The van der Waals surface area contributed by atoms with Gasteiger partial charge in [0.05, 0.1) is 19.8 Å². The number of rotatable bonds is 2. The van der Waals surface area contributed by atoms with Crippen LogP contribution >= 0.6 is 0 Å². The fourth-order valence-corrected chi connectivity index (χ4v) is 1.94. The molecule has 4 nitrogen and oxygen atoms in total. The van der Waals surface area contributed by atoms with E-state index in [2.05, 4.69) is 9.88 Å². The predicted octanol–water partition coefficient (Wildman–Crippen LogP) is 1.66. The zero-order chi connectivity index (χ0) is 10.8. The summed E-state index contributed by atoms with van der Waals surface area (Å²) in [5.74, 6) is 0.795. The van der Waals surface area contributed by atoms with E-state index in [0.717, 1.165) is 49.8 Å². The summed E-state index contributed by atoms with van der Waals surface area (Å²) in [6.07, 6.45) is 0. The number of hydrogen-bond donors (Lipinski definition) is 0. The first-order valence-corrected chi connectivity index (χ1v) is 5.56. The van der Waals surface area contributed by atoms with E-state index in [4.69, 9.17) is 9.15 Å². The molecule has 1 saturated heterocycles. The molecular formula is C12H14N2O2. The van der Waals surface area contributed by atoms with Crippen LogP contribution in [0.3, 0.4) is 0 Å². The molecule has 1 aliphatic rings. The van der Waals surface area contributed by atoms with Gasteiger partial charge in [0.15, 0.2) is 5.58 Å². The minimum absolute atomic E-state index is 0.776. The lowest BCUT2D eigenvalue weighted by Gasteiger charge is -2.24. The van der Waals surface area contributed by atoms with Crippen LogP contribution in [0.1, 0.15) is 5.89 Å². The monoisotopic (exact) mass is 218 g/mol. The molecule has 1 aliphatic heterocycles. The molecule has 0 bridgehead atoms. The Morgan fingerprint density at radius 3 is 2.81 bits per heavy atom. The summed E-state index contributed by atoms with van der Waals surface area (Å²) in [6, 6.07) is 7.86. The molecule has 0 radical (unpaired) electrons. The highest BCUT2D eigenvalue weighted by Gasteiger charge is 2.13. The normalized spacial score (nSPS) is 18.0. The van der Waals surface area contributed by atoms with Crippen molar-refractivity contribution in [2.75, 3.05) is 26.3 Å². The maximum atomic E-state index is 5.68. The lowest BCUT2D eigenvalue weighted by Crippen LogP contribution is -2.35. The van der Waals surface area contributed by atoms with E-state index in [-0.39, 0.29) is 0 Å². The SMILES string of the molecule is c1ccc2oc(CN3CCOCC3)nc2c1. The quantitative estimate of drug-likeness (QED) is 0.768. The number of oxazole rings is 1. The van der Waals surface area contributed by atoms with Crippen LogP contribution in [-0.2, 0) is 11.3 Å². The topological polar surface area (TPSA) is 38.5 Å². The molecule has 84 valence electrons. The number of ether oxygens (including phenoxy) is 1. The van der Waals surface area contributed by atoms with Crippen molar-refractivity contribution in [1.82, 2.24) is 9.88 Å². The summed E-state index contributed by atoms with van der Waals surface area (Å²) >= 11 is 0. The zero-order valence-corrected chi connectivity index (χ0v) is 9.06. The second kappa shape index (κ2) is 4.23. The molecule has 0 amide bonds. The number of morpholine rings is 1. The molecule has 0 atom stereocenters. The van der Waals surface area contributed by atoms with Gasteiger partial charge in [-0.15, -0.1) is 0 Å². The predicted molar refractivity (Wildman–Crippen MR) is 60.1 cm³/mol. The van der Waals surface area contributed by atoms with Crippen molar-refractivity contribution >= 4 is 11.1 Å². The Kier molecular flexibility index (Phi) is 2.60. The van der Waals surface area contributed by atoms with Gasteiger partial charge in [-0.2, -0.15) is 0 Å². The van der Waals surface area contributed by atoms with Crippen LogP contribution in [0.15, 0.2) is 28.7 Å². The number of aromatic nitrogens is 1. The maximum Gasteiger partial charge on any atom is 0.209 e. The van der Waals surface area contributed by atoms with Crippen molar-refractivity contribution in [2.45, 2.75) is 6.54 Å². The Bertz CT molecular complexity index is 442. The van der Waals surface area contributed by atoms with Crippen LogP contribution in [0.4, 0.5) is 0 Å². The van der Waals surface area contributed by atoms with Crippen molar-refractivity contribution in [2.24, 2.45) is 0 Å². The van der Waals surface area contributed by atoms with Crippen molar-refractivity contribution in [3.05, 3.63) is 30.2 Å². The van der Waals surface area contributed by atoms with Crippen LogP contribution in [-0.4, -0.2) is 36.2 Å². The average molecular weight is 218 g/mol. The summed E-state index contributed by atoms with van der Waals surface area (Å²) in [6.45, 7) is 4.30. The van der Waals surface area contributed by atoms with Gasteiger partial charge in [0.25, 0.3) is 0 Å². The molecule has 0 spiro atoms. The fourth-order valence-electron chi connectivity index (χ4n) is 1.94. The van der Waals surface area contributed by atoms with Gasteiger partial charge in [-0.25, -0.2) is 4.98 Å². The van der Waals surface area contributed by atoms with Gasteiger partial charge in [-0.1, -0.05) is 12.1 Å². The highest BCUT2D eigenvalue weighted by Crippen LogP contribution is 2.16. The molecule has 0 aliphatic carbocycles. The van der Waals surface area contributed by atoms with Crippen molar-refractivity contribution in [1.29, 1.82) is 0 Å². The van der Waals surface area contributed by atoms with E-state index < -0.39 is 0 Å². The van der Waals surface area contributed by atoms with E-state index in [1.54, 1.807) is 0 Å². The molecular weight excluding hydrogens is 204 g/mol. The highest BCUT2D eigenvalue weighted by atomic mass is 16.5. The van der Waals surface area contributed by atoms with E-state index >= 15 is 0 Å².